The molecule has 1 unspecified atom stereocenters. The molecule has 0 radical (unpaired) electrons. The Kier molecular flexibility index (Phi) is 3.34. The Morgan fingerprint density at radius 2 is 1.84 bits per heavy atom. The molecule has 3 rings (SSSR count). The average Bonchev–Trinajstić information content (AvgIpc) is 2.85. The third kappa shape index (κ3) is 2.41. The van der Waals surface area contributed by atoms with E-state index >= 15 is 0 Å². The van der Waals surface area contributed by atoms with E-state index in [0.29, 0.717) is 0 Å². The highest BCUT2D eigenvalue weighted by Crippen LogP contribution is 2.30. The van der Waals surface area contributed by atoms with Crippen molar-refractivity contribution in [2.75, 3.05) is 0 Å². The number of hydrogen-bond donors (Lipinski definition) is 1. The molecule has 0 saturated heterocycles. The van der Waals surface area contributed by atoms with Crippen molar-refractivity contribution in [3.63, 3.8) is 0 Å². The Hall–Kier alpha value is -1.31. The van der Waals surface area contributed by atoms with E-state index in [1.54, 1.807) is 0 Å². The SMILES string of the molecule is Cc1ccc(C(N)c2ccc3c(c2)CCC3)c(Cl)c1. The molecule has 0 heterocycles. The maximum atomic E-state index is 6.38. The molecule has 1 nitrogen and oxygen atoms in total. The van der Waals surface area contributed by atoms with E-state index in [1.165, 1.54) is 30.4 Å². The molecule has 0 spiro atoms. The lowest BCUT2D eigenvalue weighted by molar-refractivity contribution is 0.866. The predicted octanol–water partition coefficient (Wildman–Crippen LogP) is 4.19. The van der Waals surface area contributed by atoms with Gasteiger partial charge in [-0.1, -0.05) is 41.9 Å². The summed E-state index contributed by atoms with van der Waals surface area (Å²) >= 11 is 6.31. The first kappa shape index (κ1) is 12.7. The Morgan fingerprint density at radius 1 is 1.05 bits per heavy atom. The van der Waals surface area contributed by atoms with Gasteiger partial charge in [0.05, 0.1) is 6.04 Å². The number of halogens is 1. The molecule has 2 N–H and O–H groups in total. The average molecular weight is 272 g/mol. The third-order valence-electron chi connectivity index (χ3n) is 3.97. The summed E-state index contributed by atoms with van der Waals surface area (Å²) < 4.78 is 0. The van der Waals surface area contributed by atoms with Gasteiger partial charge in [0.25, 0.3) is 0 Å². The van der Waals surface area contributed by atoms with Crippen LogP contribution in [0, 0.1) is 6.92 Å². The molecule has 1 atom stereocenters. The number of benzene rings is 2. The standard InChI is InChI=1S/C17H18ClN/c1-11-5-8-15(16(18)9-11)17(19)14-7-6-12-3-2-4-13(12)10-14/h5-10,17H,2-4,19H2,1H3. The van der Waals surface area contributed by atoms with Crippen LogP contribution in [0.3, 0.4) is 0 Å². The van der Waals surface area contributed by atoms with E-state index in [4.69, 9.17) is 17.3 Å². The molecule has 1 aliphatic rings. The molecule has 2 aromatic rings. The molecule has 0 amide bonds. The number of aryl methyl sites for hydroxylation is 3. The summed E-state index contributed by atoms with van der Waals surface area (Å²) in [5.74, 6) is 0. The second-order valence-corrected chi connectivity index (χ2v) is 5.79. The minimum atomic E-state index is -0.140. The Labute approximate surface area is 119 Å². The van der Waals surface area contributed by atoms with E-state index in [9.17, 15) is 0 Å². The highest BCUT2D eigenvalue weighted by atomic mass is 35.5. The fourth-order valence-corrected chi connectivity index (χ4v) is 3.20. The smallest absolute Gasteiger partial charge is 0.0566 e. The molecule has 2 heteroatoms. The van der Waals surface area contributed by atoms with Gasteiger partial charge in [-0.05, 0) is 60.1 Å². The zero-order valence-electron chi connectivity index (χ0n) is 11.1. The fourth-order valence-electron chi connectivity index (χ4n) is 2.85. The van der Waals surface area contributed by atoms with Gasteiger partial charge >= 0.3 is 0 Å². The zero-order valence-corrected chi connectivity index (χ0v) is 11.9. The van der Waals surface area contributed by atoms with Crippen LogP contribution in [-0.2, 0) is 12.8 Å². The molecular formula is C17H18ClN. The zero-order chi connectivity index (χ0) is 13.4. The molecule has 0 aliphatic heterocycles. The quantitative estimate of drug-likeness (QED) is 0.871. The van der Waals surface area contributed by atoms with E-state index in [-0.39, 0.29) is 6.04 Å². The van der Waals surface area contributed by atoms with Crippen LogP contribution < -0.4 is 5.73 Å². The minimum absolute atomic E-state index is 0.140. The molecule has 19 heavy (non-hydrogen) atoms. The third-order valence-corrected chi connectivity index (χ3v) is 4.30. The van der Waals surface area contributed by atoms with E-state index in [0.717, 1.165) is 21.7 Å². The van der Waals surface area contributed by atoms with Gasteiger partial charge < -0.3 is 5.73 Å². The van der Waals surface area contributed by atoms with Crippen LogP contribution in [0.4, 0.5) is 0 Å². The summed E-state index contributed by atoms with van der Waals surface area (Å²) in [5, 5.41) is 0.757. The summed E-state index contributed by atoms with van der Waals surface area (Å²) in [4.78, 5) is 0. The first-order valence-electron chi connectivity index (χ1n) is 6.78. The molecule has 98 valence electrons. The van der Waals surface area contributed by atoms with Gasteiger partial charge in [-0.15, -0.1) is 0 Å². The second-order valence-electron chi connectivity index (χ2n) is 5.38. The minimum Gasteiger partial charge on any atom is -0.320 e. The predicted molar refractivity (Wildman–Crippen MR) is 80.7 cm³/mol. The lowest BCUT2D eigenvalue weighted by Crippen LogP contribution is -2.12. The number of nitrogens with two attached hydrogens (primary N) is 1. The lowest BCUT2D eigenvalue weighted by Gasteiger charge is -2.16. The summed E-state index contributed by atoms with van der Waals surface area (Å²) in [6, 6.07) is 12.6. The van der Waals surface area contributed by atoms with Crippen LogP contribution in [0.15, 0.2) is 36.4 Å². The first-order chi connectivity index (χ1) is 9.15. The van der Waals surface area contributed by atoms with Gasteiger partial charge in [-0.25, -0.2) is 0 Å². The number of hydrogen-bond acceptors (Lipinski definition) is 1. The summed E-state index contributed by atoms with van der Waals surface area (Å²) in [6.45, 7) is 2.04. The Bertz CT molecular complexity index is 619. The second kappa shape index (κ2) is 4.99. The first-order valence-corrected chi connectivity index (χ1v) is 7.16. The maximum Gasteiger partial charge on any atom is 0.0566 e. The van der Waals surface area contributed by atoms with Crippen LogP contribution in [0.25, 0.3) is 0 Å². The van der Waals surface area contributed by atoms with E-state index in [2.05, 4.69) is 24.3 Å². The van der Waals surface area contributed by atoms with Crippen molar-refractivity contribution < 1.29 is 0 Å². The van der Waals surface area contributed by atoms with Crippen molar-refractivity contribution in [2.45, 2.75) is 32.2 Å². The van der Waals surface area contributed by atoms with Gasteiger partial charge in [0.2, 0.25) is 0 Å². The molecule has 1 aliphatic carbocycles. The van der Waals surface area contributed by atoms with Crippen LogP contribution in [0.5, 0.6) is 0 Å². The molecule has 0 fully saturated rings. The van der Waals surface area contributed by atoms with Crippen molar-refractivity contribution in [1.29, 1.82) is 0 Å². The lowest BCUT2D eigenvalue weighted by atomic mass is 9.96. The molecule has 0 saturated carbocycles. The normalized spacial score (nSPS) is 15.3. The van der Waals surface area contributed by atoms with Gasteiger partial charge in [0.15, 0.2) is 0 Å². The van der Waals surface area contributed by atoms with Crippen LogP contribution in [-0.4, -0.2) is 0 Å². The van der Waals surface area contributed by atoms with Gasteiger partial charge in [0.1, 0.15) is 0 Å². The Morgan fingerprint density at radius 3 is 2.63 bits per heavy atom. The largest absolute Gasteiger partial charge is 0.320 e. The summed E-state index contributed by atoms with van der Waals surface area (Å²) in [5.41, 5.74) is 12.6. The number of rotatable bonds is 2. The van der Waals surface area contributed by atoms with Crippen molar-refractivity contribution in [3.05, 3.63) is 69.2 Å². The maximum absolute atomic E-state index is 6.38. The van der Waals surface area contributed by atoms with Crippen molar-refractivity contribution in [3.8, 4) is 0 Å². The fraction of sp³-hybridized carbons (Fsp3) is 0.294. The van der Waals surface area contributed by atoms with Gasteiger partial charge in [-0.3, -0.25) is 0 Å². The van der Waals surface area contributed by atoms with Crippen molar-refractivity contribution in [1.82, 2.24) is 0 Å². The van der Waals surface area contributed by atoms with Crippen molar-refractivity contribution >= 4 is 11.6 Å². The molecule has 0 aromatic heterocycles. The number of fused-ring (bicyclic) bond motifs is 1. The van der Waals surface area contributed by atoms with Gasteiger partial charge in [-0.2, -0.15) is 0 Å². The molecule has 2 aromatic carbocycles. The monoisotopic (exact) mass is 271 g/mol. The topological polar surface area (TPSA) is 26.0 Å². The van der Waals surface area contributed by atoms with E-state index in [1.807, 2.05) is 19.1 Å². The van der Waals surface area contributed by atoms with Crippen LogP contribution >= 0.6 is 11.6 Å². The van der Waals surface area contributed by atoms with E-state index < -0.39 is 0 Å². The molecular weight excluding hydrogens is 254 g/mol. The molecule has 0 bridgehead atoms. The van der Waals surface area contributed by atoms with Crippen molar-refractivity contribution in [2.24, 2.45) is 5.73 Å². The van der Waals surface area contributed by atoms with Crippen LogP contribution in [0.1, 0.15) is 40.3 Å². The van der Waals surface area contributed by atoms with Gasteiger partial charge in [0, 0.05) is 5.02 Å². The summed E-state index contributed by atoms with van der Waals surface area (Å²) in [6.07, 6.45) is 3.65. The summed E-state index contributed by atoms with van der Waals surface area (Å²) in [7, 11) is 0. The Balaban J connectivity index is 1.97. The van der Waals surface area contributed by atoms with Crippen LogP contribution in [0.2, 0.25) is 5.02 Å². The highest BCUT2D eigenvalue weighted by molar-refractivity contribution is 6.31. The highest BCUT2D eigenvalue weighted by Gasteiger charge is 2.16.